The van der Waals surface area contributed by atoms with E-state index in [0.29, 0.717) is 19.4 Å². The summed E-state index contributed by atoms with van der Waals surface area (Å²) in [6.45, 7) is 13.0. The first-order valence-corrected chi connectivity index (χ1v) is 12.9. The number of carbonyl (C=O) groups is 1. The first-order valence-electron chi connectivity index (χ1n) is 12.9. The standard InChI is InChI=1S/C30H44O4/c1-21(2)10-7-11-22(3)12-8-13-23(4)18-25-19-30-27(14-9-17-33-28(30)34-25)26(24(5)20-31)15-16-29(30,6)32/h8,10,12-13,18,20,25,27-28,32H,7,9,11,14-17,19H2,1-6H3/b13-8+,22-12+,23-18-,26-24+/t25-,27-,28-,29+,30+/m1/s1. The molecule has 4 heteroatoms. The average Bonchev–Trinajstić information content (AvgIpc) is 3.02. The van der Waals surface area contributed by atoms with Gasteiger partial charge in [-0.1, -0.05) is 52.7 Å². The molecule has 0 aromatic heterocycles. The predicted molar refractivity (Wildman–Crippen MR) is 138 cm³/mol. The number of hydrogen-bond acceptors (Lipinski definition) is 4. The Morgan fingerprint density at radius 1 is 1.21 bits per heavy atom. The summed E-state index contributed by atoms with van der Waals surface area (Å²) in [6, 6.07) is 0. The normalized spacial score (nSPS) is 36.0. The Morgan fingerprint density at radius 3 is 2.68 bits per heavy atom. The fraction of sp³-hybridized carbons (Fsp3) is 0.633. The Kier molecular flexibility index (Phi) is 8.94. The van der Waals surface area contributed by atoms with Crippen molar-refractivity contribution in [1.29, 1.82) is 0 Å². The Bertz CT molecular complexity index is 897. The van der Waals surface area contributed by atoms with Gasteiger partial charge in [0.2, 0.25) is 0 Å². The van der Waals surface area contributed by atoms with Crippen LogP contribution < -0.4 is 0 Å². The van der Waals surface area contributed by atoms with Gasteiger partial charge in [-0.15, -0.1) is 0 Å². The zero-order valence-electron chi connectivity index (χ0n) is 22.0. The highest BCUT2D eigenvalue weighted by atomic mass is 16.7. The van der Waals surface area contributed by atoms with Gasteiger partial charge in [-0.2, -0.15) is 0 Å². The molecule has 0 bridgehead atoms. The lowest BCUT2D eigenvalue weighted by molar-refractivity contribution is -0.230. The summed E-state index contributed by atoms with van der Waals surface area (Å²) >= 11 is 0. The zero-order chi connectivity index (χ0) is 24.9. The van der Waals surface area contributed by atoms with Crippen molar-refractivity contribution in [3.8, 4) is 0 Å². The third-order valence-electron chi connectivity index (χ3n) is 8.05. The van der Waals surface area contributed by atoms with E-state index in [9.17, 15) is 9.90 Å². The van der Waals surface area contributed by atoms with Gasteiger partial charge in [-0.25, -0.2) is 0 Å². The Hall–Kier alpha value is -1.75. The van der Waals surface area contributed by atoms with Crippen LogP contribution in [0.3, 0.4) is 0 Å². The van der Waals surface area contributed by atoms with Crippen molar-refractivity contribution in [3.63, 3.8) is 0 Å². The first kappa shape index (κ1) is 26.8. The second-order valence-electron chi connectivity index (χ2n) is 11.0. The second kappa shape index (κ2) is 11.3. The summed E-state index contributed by atoms with van der Waals surface area (Å²) in [5, 5.41) is 11.7. The molecular weight excluding hydrogens is 424 g/mol. The van der Waals surface area contributed by atoms with Gasteiger partial charge in [0.05, 0.1) is 17.1 Å². The van der Waals surface area contributed by atoms with Gasteiger partial charge in [0, 0.05) is 6.61 Å². The summed E-state index contributed by atoms with van der Waals surface area (Å²) in [4.78, 5) is 11.7. The molecule has 2 heterocycles. The minimum absolute atomic E-state index is 0.106. The second-order valence-corrected chi connectivity index (χ2v) is 11.0. The number of ether oxygens (including phenoxy) is 2. The molecule has 2 aliphatic heterocycles. The lowest BCUT2D eigenvalue weighted by Gasteiger charge is -2.53. The number of aldehydes is 1. The number of allylic oxidation sites excluding steroid dienone is 9. The molecule has 0 amide bonds. The number of hydrogen-bond donors (Lipinski definition) is 1. The van der Waals surface area contributed by atoms with E-state index in [4.69, 9.17) is 9.47 Å². The first-order chi connectivity index (χ1) is 16.1. The smallest absolute Gasteiger partial charge is 0.167 e. The van der Waals surface area contributed by atoms with Crippen molar-refractivity contribution in [2.75, 3.05) is 6.61 Å². The molecule has 3 fully saturated rings. The molecular formula is C30H44O4. The lowest BCUT2D eigenvalue weighted by atomic mass is 9.53. The Morgan fingerprint density at radius 2 is 1.97 bits per heavy atom. The topological polar surface area (TPSA) is 55.8 Å². The van der Waals surface area contributed by atoms with Crippen LogP contribution in [-0.2, 0) is 14.3 Å². The SMILES string of the molecule is CC(C)=CCC/C(C)=C/C=C/C(C)=C\[C@@H]1C[C@@]23[C@H](OCCC[C@@H]2/C(=C(\C)C=O)CC[C@]3(C)O)O1. The van der Waals surface area contributed by atoms with E-state index in [1.807, 2.05) is 13.8 Å². The van der Waals surface area contributed by atoms with E-state index in [1.54, 1.807) is 0 Å². The van der Waals surface area contributed by atoms with Crippen LogP contribution in [-0.4, -0.2) is 36.0 Å². The van der Waals surface area contributed by atoms with Crippen molar-refractivity contribution < 1.29 is 19.4 Å². The fourth-order valence-electron chi connectivity index (χ4n) is 6.14. The van der Waals surface area contributed by atoms with Gasteiger partial charge < -0.3 is 14.6 Å². The lowest BCUT2D eigenvalue weighted by Crippen LogP contribution is -2.58. The van der Waals surface area contributed by atoms with Gasteiger partial charge in [-0.05, 0) is 98.0 Å². The quantitative estimate of drug-likeness (QED) is 0.194. The van der Waals surface area contributed by atoms with Crippen molar-refractivity contribution >= 4 is 6.29 Å². The molecule has 1 N–H and O–H groups in total. The van der Waals surface area contributed by atoms with E-state index in [2.05, 4.69) is 58.1 Å². The van der Waals surface area contributed by atoms with E-state index in [1.165, 1.54) is 16.7 Å². The van der Waals surface area contributed by atoms with Gasteiger partial charge in [0.1, 0.15) is 6.29 Å². The number of carbonyl (C=O) groups excluding carboxylic acids is 1. The highest BCUT2D eigenvalue weighted by Crippen LogP contribution is 2.62. The molecule has 1 aliphatic carbocycles. The molecule has 188 valence electrons. The molecule has 34 heavy (non-hydrogen) atoms. The van der Waals surface area contributed by atoms with Crippen molar-refractivity contribution in [2.45, 2.75) is 104 Å². The van der Waals surface area contributed by atoms with Gasteiger partial charge in [0.15, 0.2) is 6.29 Å². The zero-order valence-corrected chi connectivity index (χ0v) is 22.0. The third kappa shape index (κ3) is 5.72. The van der Waals surface area contributed by atoms with Crippen LogP contribution in [0.2, 0.25) is 0 Å². The average molecular weight is 469 g/mol. The molecule has 4 nitrogen and oxygen atoms in total. The van der Waals surface area contributed by atoms with E-state index < -0.39 is 17.3 Å². The monoisotopic (exact) mass is 468 g/mol. The molecule has 0 aromatic carbocycles. The van der Waals surface area contributed by atoms with Gasteiger partial charge in [0.25, 0.3) is 0 Å². The van der Waals surface area contributed by atoms with Crippen LogP contribution in [0.5, 0.6) is 0 Å². The minimum Gasteiger partial charge on any atom is -0.389 e. The van der Waals surface area contributed by atoms with Crippen LogP contribution in [0.1, 0.15) is 86.5 Å². The maximum Gasteiger partial charge on any atom is 0.167 e. The van der Waals surface area contributed by atoms with Crippen LogP contribution in [0.15, 0.2) is 58.2 Å². The highest BCUT2D eigenvalue weighted by molar-refractivity contribution is 5.74. The summed E-state index contributed by atoms with van der Waals surface area (Å²) in [5.41, 5.74) is 4.42. The minimum atomic E-state index is -0.906. The molecule has 2 saturated heterocycles. The van der Waals surface area contributed by atoms with Gasteiger partial charge >= 0.3 is 0 Å². The number of aliphatic hydroxyl groups is 1. The van der Waals surface area contributed by atoms with E-state index in [0.717, 1.165) is 49.5 Å². The fourth-order valence-corrected chi connectivity index (χ4v) is 6.14. The van der Waals surface area contributed by atoms with Crippen LogP contribution in [0.4, 0.5) is 0 Å². The molecule has 5 atom stereocenters. The molecule has 1 saturated carbocycles. The Balaban J connectivity index is 1.80. The van der Waals surface area contributed by atoms with Crippen LogP contribution >= 0.6 is 0 Å². The molecule has 0 aromatic rings. The summed E-state index contributed by atoms with van der Waals surface area (Å²) in [6.07, 6.45) is 17.3. The van der Waals surface area contributed by atoms with E-state index in [-0.39, 0.29) is 12.0 Å². The summed E-state index contributed by atoms with van der Waals surface area (Å²) < 4.78 is 12.7. The highest BCUT2D eigenvalue weighted by Gasteiger charge is 2.65. The molecule has 0 radical (unpaired) electrons. The van der Waals surface area contributed by atoms with E-state index >= 15 is 0 Å². The third-order valence-corrected chi connectivity index (χ3v) is 8.05. The molecule has 1 spiro atoms. The van der Waals surface area contributed by atoms with Crippen molar-refractivity contribution in [2.24, 2.45) is 11.3 Å². The maximum atomic E-state index is 11.7. The number of rotatable bonds is 7. The largest absolute Gasteiger partial charge is 0.389 e. The maximum absolute atomic E-state index is 11.7. The summed E-state index contributed by atoms with van der Waals surface area (Å²) in [5.74, 6) is 0.106. The van der Waals surface area contributed by atoms with Crippen molar-refractivity contribution in [3.05, 3.63) is 58.2 Å². The van der Waals surface area contributed by atoms with Crippen LogP contribution in [0.25, 0.3) is 0 Å². The van der Waals surface area contributed by atoms with Crippen molar-refractivity contribution in [1.82, 2.24) is 0 Å². The Labute approximate surface area is 206 Å². The molecule has 3 rings (SSSR count). The van der Waals surface area contributed by atoms with Crippen LogP contribution in [0, 0.1) is 11.3 Å². The van der Waals surface area contributed by atoms with Gasteiger partial charge in [-0.3, -0.25) is 4.79 Å². The molecule has 0 unspecified atom stereocenters. The molecule has 3 aliphatic rings. The predicted octanol–water partition coefficient (Wildman–Crippen LogP) is 6.77. The summed E-state index contributed by atoms with van der Waals surface area (Å²) in [7, 11) is 0.